The summed E-state index contributed by atoms with van der Waals surface area (Å²) in [4.78, 5) is 33.7. The number of aliphatic hydroxyl groups is 1. The average Bonchev–Trinajstić information content (AvgIpc) is 2.66. The van der Waals surface area contributed by atoms with Gasteiger partial charge in [0.05, 0.1) is 23.9 Å². The zero-order valence-corrected chi connectivity index (χ0v) is 15.8. The Balaban J connectivity index is 1.65. The van der Waals surface area contributed by atoms with Gasteiger partial charge in [-0.1, -0.05) is 0 Å². The summed E-state index contributed by atoms with van der Waals surface area (Å²) < 4.78 is 6.04. The molecule has 27 heavy (non-hydrogen) atoms. The second-order valence-electron chi connectivity index (χ2n) is 7.49. The summed E-state index contributed by atoms with van der Waals surface area (Å²) in [6, 6.07) is 0. The second-order valence-corrected chi connectivity index (χ2v) is 7.49. The molecule has 3 N–H and O–H groups in total. The molecule has 2 fully saturated rings. The van der Waals surface area contributed by atoms with Gasteiger partial charge in [0, 0.05) is 39.0 Å². The lowest BCUT2D eigenvalue weighted by atomic mass is 9.73. The molecule has 0 radical (unpaired) electrons. The van der Waals surface area contributed by atoms with Gasteiger partial charge in [0.15, 0.2) is 0 Å². The first-order valence-corrected chi connectivity index (χ1v) is 9.23. The van der Waals surface area contributed by atoms with Gasteiger partial charge in [0.25, 0.3) is 0 Å². The van der Waals surface area contributed by atoms with Crippen molar-refractivity contribution in [2.24, 2.45) is 0 Å². The molecular formula is C18H27N5O4. The van der Waals surface area contributed by atoms with Gasteiger partial charge in [-0.2, -0.15) is 0 Å². The lowest BCUT2D eigenvalue weighted by Crippen LogP contribution is -2.69. The first-order chi connectivity index (χ1) is 12.8. The molecule has 9 heteroatoms. The average molecular weight is 377 g/mol. The van der Waals surface area contributed by atoms with Gasteiger partial charge in [-0.05, 0) is 26.2 Å². The number of nitrogens with zero attached hydrogens (tertiary/aromatic N) is 3. The summed E-state index contributed by atoms with van der Waals surface area (Å²) >= 11 is 0. The van der Waals surface area contributed by atoms with E-state index in [0.717, 1.165) is 5.82 Å². The number of carbonyl (C=O) groups excluding carboxylic acids is 2. The van der Waals surface area contributed by atoms with Crippen LogP contribution in [0, 0.1) is 0 Å². The number of nitrogens with one attached hydrogen (secondary N) is 2. The minimum absolute atomic E-state index is 0.105. The van der Waals surface area contributed by atoms with Crippen molar-refractivity contribution in [2.75, 3.05) is 31.1 Å². The fourth-order valence-corrected chi connectivity index (χ4v) is 3.95. The summed E-state index contributed by atoms with van der Waals surface area (Å²) in [5.74, 6) is 0.223. The number of amides is 2. The van der Waals surface area contributed by atoms with Crippen molar-refractivity contribution in [2.45, 2.75) is 50.4 Å². The topological polar surface area (TPSA) is 117 Å². The molecule has 9 nitrogen and oxygen atoms in total. The maximum Gasteiger partial charge on any atom is 0.239 e. The van der Waals surface area contributed by atoms with Gasteiger partial charge in [-0.25, -0.2) is 4.98 Å². The number of aliphatic hydroxyl groups excluding tert-OH is 1. The lowest BCUT2D eigenvalue weighted by Gasteiger charge is -2.53. The molecule has 2 amide bonds. The molecule has 1 spiro atoms. The van der Waals surface area contributed by atoms with Crippen LogP contribution in [0.1, 0.15) is 33.1 Å². The van der Waals surface area contributed by atoms with Crippen molar-refractivity contribution in [3.63, 3.8) is 0 Å². The highest BCUT2D eigenvalue weighted by Crippen LogP contribution is 2.40. The number of hydrogen-bond donors (Lipinski definition) is 3. The zero-order valence-electron chi connectivity index (χ0n) is 15.8. The van der Waals surface area contributed by atoms with Crippen LogP contribution in [0.4, 0.5) is 5.82 Å². The molecule has 2 saturated heterocycles. The Labute approximate surface area is 158 Å². The molecule has 0 unspecified atom stereocenters. The van der Waals surface area contributed by atoms with Crippen LogP contribution in [0.25, 0.3) is 0 Å². The molecule has 3 rings (SSSR count). The Kier molecular flexibility index (Phi) is 5.61. The number of carbonyl (C=O) groups is 2. The van der Waals surface area contributed by atoms with Crippen molar-refractivity contribution in [1.82, 2.24) is 20.6 Å². The van der Waals surface area contributed by atoms with Crippen molar-refractivity contribution in [3.05, 3.63) is 18.6 Å². The van der Waals surface area contributed by atoms with Crippen LogP contribution < -0.4 is 15.5 Å². The van der Waals surface area contributed by atoms with E-state index in [2.05, 4.69) is 25.5 Å². The fraction of sp³-hybridized carbons (Fsp3) is 0.667. The van der Waals surface area contributed by atoms with Crippen molar-refractivity contribution >= 4 is 17.6 Å². The Hall–Kier alpha value is -2.26. The van der Waals surface area contributed by atoms with Crippen LogP contribution in [-0.4, -0.2) is 70.4 Å². The smallest absolute Gasteiger partial charge is 0.239 e. The maximum atomic E-state index is 12.2. The van der Waals surface area contributed by atoms with Crippen LogP contribution in [0.3, 0.4) is 0 Å². The third-order valence-electron chi connectivity index (χ3n) is 5.52. The molecule has 0 bridgehead atoms. The Bertz CT molecular complexity index is 678. The molecule has 0 aliphatic carbocycles. The monoisotopic (exact) mass is 377 g/mol. The molecule has 2 aliphatic heterocycles. The third kappa shape index (κ3) is 4.19. The van der Waals surface area contributed by atoms with Crippen LogP contribution in [-0.2, 0) is 14.3 Å². The molecule has 0 aromatic carbocycles. The van der Waals surface area contributed by atoms with E-state index < -0.39 is 17.2 Å². The van der Waals surface area contributed by atoms with E-state index in [1.807, 2.05) is 6.92 Å². The van der Waals surface area contributed by atoms with Crippen molar-refractivity contribution in [1.29, 1.82) is 0 Å². The van der Waals surface area contributed by atoms with Crippen LogP contribution in [0.5, 0.6) is 0 Å². The van der Waals surface area contributed by atoms with E-state index >= 15 is 0 Å². The standard InChI is InChI=1S/C18H27N5O4/c1-13(24)21-12-15(25)22-17(2)5-10-27-18(16(17)26)3-8-23(9-4-18)14-11-19-6-7-20-14/h6-7,11,16,26H,3-5,8-10,12H2,1-2H3,(H,21,24)(H,22,25)/t16-,17+/m0/s1. The maximum absolute atomic E-state index is 12.2. The minimum Gasteiger partial charge on any atom is -0.388 e. The second kappa shape index (κ2) is 7.77. The molecule has 2 aliphatic rings. The molecule has 2 atom stereocenters. The number of ether oxygens (including phenoxy) is 1. The molecule has 148 valence electrons. The number of hydrogen-bond acceptors (Lipinski definition) is 7. The van der Waals surface area contributed by atoms with Crippen molar-refractivity contribution in [3.8, 4) is 0 Å². The third-order valence-corrected chi connectivity index (χ3v) is 5.52. The minimum atomic E-state index is -0.843. The predicted octanol–water partition coefficient (Wildman–Crippen LogP) is -0.392. The first-order valence-electron chi connectivity index (χ1n) is 9.23. The van der Waals surface area contributed by atoms with E-state index in [0.29, 0.717) is 39.0 Å². The lowest BCUT2D eigenvalue weighted by molar-refractivity contribution is -0.198. The summed E-state index contributed by atoms with van der Waals surface area (Å²) in [5.41, 5.74) is -1.50. The number of aromatic nitrogens is 2. The van der Waals surface area contributed by atoms with Crippen molar-refractivity contribution < 1.29 is 19.4 Å². The number of piperidine rings is 1. The zero-order chi connectivity index (χ0) is 19.5. The van der Waals surface area contributed by atoms with Gasteiger partial charge in [-0.3, -0.25) is 14.6 Å². The number of anilines is 1. The van der Waals surface area contributed by atoms with Crippen LogP contribution >= 0.6 is 0 Å². The van der Waals surface area contributed by atoms with Gasteiger partial charge in [0.2, 0.25) is 11.8 Å². The van der Waals surface area contributed by atoms with E-state index in [4.69, 9.17) is 4.74 Å². The van der Waals surface area contributed by atoms with Gasteiger partial charge in [0.1, 0.15) is 11.9 Å². The predicted molar refractivity (Wildman–Crippen MR) is 98.0 cm³/mol. The van der Waals surface area contributed by atoms with E-state index in [9.17, 15) is 14.7 Å². The molecule has 1 aromatic rings. The Morgan fingerprint density at radius 3 is 2.70 bits per heavy atom. The summed E-state index contributed by atoms with van der Waals surface area (Å²) in [6.45, 7) is 4.92. The molecule has 0 saturated carbocycles. The molecule has 3 heterocycles. The molecule has 1 aromatic heterocycles. The van der Waals surface area contributed by atoms with Crippen LogP contribution in [0.15, 0.2) is 18.6 Å². The quantitative estimate of drug-likeness (QED) is 0.654. The molecular weight excluding hydrogens is 350 g/mol. The van der Waals surface area contributed by atoms with Gasteiger partial charge in [-0.15, -0.1) is 0 Å². The summed E-state index contributed by atoms with van der Waals surface area (Å²) in [5, 5.41) is 16.5. The Morgan fingerprint density at radius 2 is 2.07 bits per heavy atom. The first kappa shape index (κ1) is 19.5. The highest BCUT2D eigenvalue weighted by molar-refractivity contribution is 5.84. The van der Waals surface area contributed by atoms with E-state index in [1.165, 1.54) is 6.92 Å². The summed E-state index contributed by atoms with van der Waals surface area (Å²) in [6.07, 6.45) is 5.94. The Morgan fingerprint density at radius 1 is 1.33 bits per heavy atom. The van der Waals surface area contributed by atoms with E-state index in [1.54, 1.807) is 18.6 Å². The highest BCUT2D eigenvalue weighted by atomic mass is 16.5. The number of rotatable bonds is 4. The highest BCUT2D eigenvalue weighted by Gasteiger charge is 2.53. The van der Waals surface area contributed by atoms with E-state index in [-0.39, 0.29) is 18.4 Å². The normalized spacial score (nSPS) is 27.2. The van der Waals surface area contributed by atoms with Crippen LogP contribution in [0.2, 0.25) is 0 Å². The summed E-state index contributed by atoms with van der Waals surface area (Å²) in [7, 11) is 0. The van der Waals surface area contributed by atoms with Gasteiger partial charge >= 0.3 is 0 Å². The largest absolute Gasteiger partial charge is 0.388 e. The SMILES string of the molecule is CC(=O)NCC(=O)N[C@]1(C)CCOC2(CCN(c3cnccn3)CC2)[C@H]1O. The fourth-order valence-electron chi connectivity index (χ4n) is 3.95. The van der Waals surface area contributed by atoms with Gasteiger partial charge < -0.3 is 25.4 Å².